The Hall–Kier alpha value is -0.850. The monoisotopic (exact) mass is 251 g/mol. The van der Waals surface area contributed by atoms with Gasteiger partial charge in [-0.3, -0.25) is 0 Å². The van der Waals surface area contributed by atoms with E-state index in [4.69, 9.17) is 10.3 Å². The van der Waals surface area contributed by atoms with Gasteiger partial charge in [0.2, 0.25) is 0 Å². The minimum atomic E-state index is -0.925. The van der Waals surface area contributed by atoms with Crippen LogP contribution in [-0.4, -0.2) is 15.4 Å². The number of phenols is 2. The number of benzene rings is 1. The summed E-state index contributed by atoms with van der Waals surface area (Å²) < 4.78 is 13.0. The minimum absolute atomic E-state index is 0.0970. The summed E-state index contributed by atoms with van der Waals surface area (Å²) in [6.07, 6.45) is 0. The second-order valence-corrected chi connectivity index (χ2v) is 3.21. The van der Waals surface area contributed by atoms with Gasteiger partial charge in [-0.25, -0.2) is 9.87 Å². The highest BCUT2D eigenvalue weighted by Crippen LogP contribution is 2.36. The molecule has 0 unspecified atom stereocenters. The topological polar surface area (TPSA) is 72.7 Å². The van der Waals surface area contributed by atoms with Gasteiger partial charge >= 0.3 is 0 Å². The smallest absolute Gasteiger partial charge is 0.194 e. The molecule has 0 aliphatic carbocycles. The maximum atomic E-state index is 12.7. The second-order valence-electron chi connectivity index (χ2n) is 2.35. The zero-order valence-electron chi connectivity index (χ0n) is 6.38. The Bertz CT molecular complexity index is 332. The van der Waals surface area contributed by atoms with Crippen LogP contribution < -0.4 is 5.48 Å². The van der Waals surface area contributed by atoms with Crippen molar-refractivity contribution in [3.63, 3.8) is 0 Å². The van der Waals surface area contributed by atoms with Crippen LogP contribution in [0.25, 0.3) is 0 Å². The molecule has 4 N–H and O–H groups in total. The van der Waals surface area contributed by atoms with E-state index in [2.05, 4.69) is 15.9 Å². The average molecular weight is 252 g/mol. The molecule has 0 saturated carbocycles. The number of nitrogens with one attached hydrogen (secondary N) is 1. The fourth-order valence-corrected chi connectivity index (χ4v) is 1.41. The first kappa shape index (κ1) is 10.2. The number of phenolic OH excluding ortho intramolecular Hbond substituents is 2. The molecular weight excluding hydrogens is 245 g/mol. The number of hydrogen-bond donors (Lipinski definition) is 4. The number of hydrogen-bond acceptors (Lipinski definition) is 4. The van der Waals surface area contributed by atoms with E-state index in [0.717, 1.165) is 6.07 Å². The Morgan fingerprint density at radius 1 is 1.38 bits per heavy atom. The van der Waals surface area contributed by atoms with Crippen LogP contribution in [-0.2, 0) is 6.54 Å². The molecular formula is C7H7BrFNO3. The summed E-state index contributed by atoms with van der Waals surface area (Å²) in [7, 11) is 0. The van der Waals surface area contributed by atoms with Crippen molar-refractivity contribution in [2.75, 3.05) is 0 Å². The van der Waals surface area contributed by atoms with Crippen LogP contribution in [0.3, 0.4) is 0 Å². The fourth-order valence-electron chi connectivity index (χ4n) is 0.883. The van der Waals surface area contributed by atoms with Gasteiger partial charge in [-0.05, 0) is 6.07 Å². The van der Waals surface area contributed by atoms with Crippen molar-refractivity contribution in [3.8, 4) is 11.5 Å². The zero-order valence-corrected chi connectivity index (χ0v) is 7.97. The van der Waals surface area contributed by atoms with E-state index >= 15 is 0 Å². The molecule has 1 aromatic rings. The lowest BCUT2D eigenvalue weighted by atomic mass is 10.2. The van der Waals surface area contributed by atoms with Gasteiger partial charge in [-0.2, -0.15) is 0 Å². The van der Waals surface area contributed by atoms with Crippen molar-refractivity contribution in [1.29, 1.82) is 0 Å². The molecule has 6 heteroatoms. The molecule has 0 saturated heterocycles. The zero-order chi connectivity index (χ0) is 10.0. The first-order valence-electron chi connectivity index (χ1n) is 3.33. The molecule has 0 aromatic heterocycles. The van der Waals surface area contributed by atoms with E-state index < -0.39 is 17.3 Å². The highest BCUT2D eigenvalue weighted by atomic mass is 79.9. The molecule has 4 nitrogen and oxygen atoms in total. The largest absolute Gasteiger partial charge is 0.504 e. The lowest BCUT2D eigenvalue weighted by molar-refractivity contribution is 0.159. The molecule has 0 aliphatic heterocycles. The summed E-state index contributed by atoms with van der Waals surface area (Å²) in [5.41, 5.74) is 1.97. The third kappa shape index (κ3) is 1.90. The molecule has 0 aliphatic rings. The van der Waals surface area contributed by atoms with E-state index in [-0.39, 0.29) is 16.6 Å². The first-order valence-corrected chi connectivity index (χ1v) is 4.13. The Labute approximate surface area is 81.7 Å². The number of aromatic hydroxyl groups is 2. The van der Waals surface area contributed by atoms with Gasteiger partial charge in [0.15, 0.2) is 17.3 Å². The molecule has 13 heavy (non-hydrogen) atoms. The van der Waals surface area contributed by atoms with Gasteiger partial charge < -0.3 is 15.4 Å². The maximum absolute atomic E-state index is 12.7. The quantitative estimate of drug-likeness (QED) is 0.475. The van der Waals surface area contributed by atoms with E-state index in [1.165, 1.54) is 0 Å². The normalized spacial score (nSPS) is 10.4. The molecule has 0 spiro atoms. The Morgan fingerprint density at radius 2 is 2.00 bits per heavy atom. The van der Waals surface area contributed by atoms with Crippen LogP contribution >= 0.6 is 15.9 Å². The lowest BCUT2D eigenvalue weighted by Gasteiger charge is -2.08. The summed E-state index contributed by atoms with van der Waals surface area (Å²) >= 11 is 2.97. The highest BCUT2D eigenvalue weighted by molar-refractivity contribution is 9.10. The predicted octanol–water partition coefficient (Wildman–Crippen LogP) is 1.48. The van der Waals surface area contributed by atoms with Crippen LogP contribution in [0.15, 0.2) is 10.5 Å². The Morgan fingerprint density at radius 3 is 2.54 bits per heavy atom. The Kier molecular flexibility index (Phi) is 3.07. The van der Waals surface area contributed by atoms with E-state index in [9.17, 15) is 9.50 Å². The van der Waals surface area contributed by atoms with Crippen molar-refractivity contribution in [2.24, 2.45) is 0 Å². The molecule has 1 aromatic carbocycles. The van der Waals surface area contributed by atoms with Crippen LogP contribution in [0.2, 0.25) is 0 Å². The van der Waals surface area contributed by atoms with Crippen molar-refractivity contribution in [2.45, 2.75) is 6.54 Å². The summed E-state index contributed by atoms with van der Waals surface area (Å²) in [5.74, 6) is -2.34. The van der Waals surface area contributed by atoms with Gasteiger partial charge in [-0.1, -0.05) is 15.9 Å². The molecule has 0 fully saturated rings. The summed E-state index contributed by atoms with van der Waals surface area (Å²) in [4.78, 5) is 0. The predicted molar refractivity (Wildman–Crippen MR) is 46.1 cm³/mol. The van der Waals surface area contributed by atoms with Gasteiger partial charge in [0.05, 0.1) is 6.54 Å². The van der Waals surface area contributed by atoms with Gasteiger partial charge in [0, 0.05) is 10.0 Å². The van der Waals surface area contributed by atoms with Crippen molar-refractivity contribution >= 4 is 15.9 Å². The molecule has 0 radical (unpaired) electrons. The average Bonchev–Trinajstić information content (AvgIpc) is 2.09. The minimum Gasteiger partial charge on any atom is -0.504 e. The van der Waals surface area contributed by atoms with Crippen LogP contribution in [0, 0.1) is 5.82 Å². The van der Waals surface area contributed by atoms with E-state index in [1.807, 2.05) is 0 Å². The second kappa shape index (κ2) is 3.91. The van der Waals surface area contributed by atoms with Gasteiger partial charge in [-0.15, -0.1) is 0 Å². The van der Waals surface area contributed by atoms with E-state index in [1.54, 1.807) is 5.48 Å². The SMILES string of the molecule is ONCc1c(Br)cc(F)c(O)c1O. The lowest BCUT2D eigenvalue weighted by Crippen LogP contribution is -2.07. The summed E-state index contributed by atoms with van der Waals surface area (Å²) in [6.45, 7) is -0.0970. The summed E-state index contributed by atoms with van der Waals surface area (Å²) in [5, 5.41) is 26.6. The van der Waals surface area contributed by atoms with Gasteiger partial charge in [0.1, 0.15) is 0 Å². The van der Waals surface area contributed by atoms with Crippen LogP contribution in [0.4, 0.5) is 4.39 Å². The standard InChI is InChI=1S/C7H7BrFNO3/c8-4-1-5(9)7(12)6(11)3(4)2-10-13/h1,10-13H,2H2. The molecule has 0 amide bonds. The van der Waals surface area contributed by atoms with Crippen molar-refractivity contribution in [3.05, 3.63) is 21.9 Å². The van der Waals surface area contributed by atoms with Crippen LogP contribution in [0.1, 0.15) is 5.56 Å². The fraction of sp³-hybridized carbons (Fsp3) is 0.143. The summed E-state index contributed by atoms with van der Waals surface area (Å²) in [6, 6.07) is 1.00. The van der Waals surface area contributed by atoms with Gasteiger partial charge in [0.25, 0.3) is 0 Å². The third-order valence-electron chi connectivity index (χ3n) is 1.53. The molecule has 0 atom stereocenters. The van der Waals surface area contributed by atoms with Crippen LogP contribution in [0.5, 0.6) is 11.5 Å². The maximum Gasteiger partial charge on any atom is 0.194 e. The van der Waals surface area contributed by atoms with E-state index in [0.29, 0.717) is 0 Å². The molecule has 1 rings (SSSR count). The first-order chi connectivity index (χ1) is 6.07. The highest BCUT2D eigenvalue weighted by Gasteiger charge is 2.15. The Balaban J connectivity index is 3.26. The molecule has 72 valence electrons. The molecule has 0 heterocycles. The number of rotatable bonds is 2. The molecule has 0 bridgehead atoms. The van der Waals surface area contributed by atoms with Crippen molar-refractivity contribution in [1.82, 2.24) is 5.48 Å². The van der Waals surface area contributed by atoms with Crippen molar-refractivity contribution < 1.29 is 19.8 Å². The third-order valence-corrected chi connectivity index (χ3v) is 2.24. The number of halogens is 2. The number of hydroxylamine groups is 1.